The van der Waals surface area contributed by atoms with Gasteiger partial charge in [0.25, 0.3) is 0 Å². The molecule has 3 heterocycles. The topological polar surface area (TPSA) is 84.0 Å². The summed E-state index contributed by atoms with van der Waals surface area (Å²) >= 11 is 0. The van der Waals surface area contributed by atoms with Crippen LogP contribution in [0.3, 0.4) is 0 Å². The molecule has 3 aliphatic rings. The number of rotatable bonds is 5. The van der Waals surface area contributed by atoms with Crippen molar-refractivity contribution in [1.82, 2.24) is 4.90 Å². The van der Waals surface area contributed by atoms with Crippen LogP contribution in [-0.2, 0) is 9.59 Å². The lowest BCUT2D eigenvalue weighted by atomic mass is 9.83. The number of carbonyl (C=O) groups excluding carboxylic acids is 4. The predicted molar refractivity (Wildman–Crippen MR) is 137 cm³/mol. The maximum absolute atomic E-state index is 13.9. The Hall–Kier alpha value is -4.52. The van der Waals surface area contributed by atoms with Crippen molar-refractivity contribution in [3.8, 4) is 5.75 Å². The molecular weight excluding hydrogens is 468 g/mol. The third kappa shape index (κ3) is 3.42. The van der Waals surface area contributed by atoms with Crippen molar-refractivity contribution in [2.24, 2.45) is 11.8 Å². The first-order chi connectivity index (χ1) is 17.9. The average molecular weight is 493 g/mol. The number of ketones is 2. The molecule has 7 heteroatoms. The highest BCUT2D eigenvalue weighted by Gasteiger charge is 2.64. The zero-order valence-corrected chi connectivity index (χ0v) is 20.3. The van der Waals surface area contributed by atoms with Gasteiger partial charge in [0.1, 0.15) is 11.8 Å². The summed E-state index contributed by atoms with van der Waals surface area (Å²) in [5.74, 6) is -2.02. The van der Waals surface area contributed by atoms with Crippen LogP contribution in [0.15, 0.2) is 79.0 Å². The summed E-state index contributed by atoms with van der Waals surface area (Å²) in [6.07, 6.45) is 3.76. The minimum atomic E-state index is -0.851. The number of methoxy groups -OCH3 is 1. The number of carbonyl (C=O) groups is 4. The van der Waals surface area contributed by atoms with E-state index in [-0.39, 0.29) is 17.5 Å². The van der Waals surface area contributed by atoms with E-state index in [1.54, 1.807) is 55.6 Å². The molecule has 7 nitrogen and oxygen atoms in total. The number of imide groups is 1. The van der Waals surface area contributed by atoms with Crippen LogP contribution >= 0.6 is 0 Å². The van der Waals surface area contributed by atoms with Crippen molar-refractivity contribution in [1.29, 1.82) is 0 Å². The number of benzene rings is 3. The van der Waals surface area contributed by atoms with E-state index >= 15 is 0 Å². The number of nitrogens with zero attached hydrogens (tertiary/aromatic N) is 2. The van der Waals surface area contributed by atoms with Gasteiger partial charge in [-0.05, 0) is 72.7 Å². The summed E-state index contributed by atoms with van der Waals surface area (Å²) in [7, 11) is 1.55. The van der Waals surface area contributed by atoms with E-state index in [0.717, 1.165) is 11.1 Å². The first kappa shape index (κ1) is 22.9. The number of Topliss-reactive ketones (excluding diaryl/α,β-unsaturated/α-hetero) is 2. The number of fused-ring (bicyclic) bond motifs is 5. The maximum Gasteiger partial charge on any atom is 0.240 e. The van der Waals surface area contributed by atoms with Gasteiger partial charge in [0.2, 0.25) is 11.8 Å². The second-order valence-corrected chi connectivity index (χ2v) is 9.54. The van der Waals surface area contributed by atoms with Gasteiger partial charge in [0, 0.05) is 17.3 Å². The largest absolute Gasteiger partial charge is 0.497 e. The smallest absolute Gasteiger partial charge is 0.240 e. The quantitative estimate of drug-likeness (QED) is 0.390. The lowest BCUT2D eigenvalue weighted by Crippen LogP contribution is -2.44. The summed E-state index contributed by atoms with van der Waals surface area (Å²) in [6.45, 7) is 1.46. The highest BCUT2D eigenvalue weighted by Crippen LogP contribution is 2.53. The van der Waals surface area contributed by atoms with Crippen molar-refractivity contribution in [3.63, 3.8) is 0 Å². The van der Waals surface area contributed by atoms with Crippen LogP contribution < -0.4 is 9.64 Å². The fraction of sp³-hybridized carbons (Fsp3) is 0.200. The Bertz CT molecular complexity index is 1470. The summed E-state index contributed by atoms with van der Waals surface area (Å²) in [5, 5.41) is 0. The van der Waals surface area contributed by atoms with Gasteiger partial charge in [0.15, 0.2) is 11.6 Å². The van der Waals surface area contributed by atoms with E-state index in [1.807, 2.05) is 41.4 Å². The monoisotopic (exact) mass is 492 g/mol. The van der Waals surface area contributed by atoms with E-state index in [4.69, 9.17) is 4.74 Å². The van der Waals surface area contributed by atoms with Crippen molar-refractivity contribution in [2.45, 2.75) is 19.0 Å². The molecule has 4 atom stereocenters. The molecule has 0 saturated carbocycles. The van der Waals surface area contributed by atoms with Gasteiger partial charge in [-0.15, -0.1) is 0 Å². The molecule has 0 radical (unpaired) electrons. The average Bonchev–Trinajstić information content (AvgIpc) is 3.40. The molecule has 3 aromatic rings. The van der Waals surface area contributed by atoms with Gasteiger partial charge in [0.05, 0.1) is 30.7 Å². The zero-order valence-electron chi connectivity index (χ0n) is 20.3. The van der Waals surface area contributed by atoms with Crippen molar-refractivity contribution in [3.05, 3.63) is 101 Å². The molecule has 0 unspecified atom stereocenters. The molecule has 0 spiro atoms. The minimum absolute atomic E-state index is 0.103. The molecule has 6 rings (SSSR count). The Kier molecular flexibility index (Phi) is 5.30. The molecule has 0 N–H and O–H groups in total. The number of anilines is 1. The van der Waals surface area contributed by atoms with Crippen LogP contribution in [0.2, 0.25) is 0 Å². The Morgan fingerprint density at radius 3 is 2.14 bits per heavy atom. The summed E-state index contributed by atoms with van der Waals surface area (Å²) in [6, 6.07) is 19.7. The van der Waals surface area contributed by atoms with Crippen LogP contribution in [0, 0.1) is 11.8 Å². The maximum atomic E-state index is 13.9. The van der Waals surface area contributed by atoms with E-state index in [2.05, 4.69) is 0 Å². The second kappa shape index (κ2) is 8.55. The number of ether oxygens (including phenoxy) is 1. The van der Waals surface area contributed by atoms with Gasteiger partial charge in [-0.1, -0.05) is 24.3 Å². The fourth-order valence-electron chi connectivity index (χ4n) is 5.88. The van der Waals surface area contributed by atoms with E-state index in [1.165, 1.54) is 11.8 Å². The Labute approximate surface area is 213 Å². The first-order valence-electron chi connectivity index (χ1n) is 12.1. The van der Waals surface area contributed by atoms with Gasteiger partial charge >= 0.3 is 0 Å². The Morgan fingerprint density at radius 1 is 0.811 bits per heavy atom. The predicted octanol–water partition coefficient (Wildman–Crippen LogP) is 4.30. The molecule has 3 aromatic carbocycles. The van der Waals surface area contributed by atoms with Crippen molar-refractivity contribution < 1.29 is 23.9 Å². The molecule has 2 fully saturated rings. The first-order valence-corrected chi connectivity index (χ1v) is 12.1. The highest BCUT2D eigenvalue weighted by atomic mass is 16.5. The third-order valence-corrected chi connectivity index (χ3v) is 7.64. The van der Waals surface area contributed by atoms with Crippen molar-refractivity contribution >= 4 is 35.1 Å². The van der Waals surface area contributed by atoms with Gasteiger partial charge in [-0.2, -0.15) is 0 Å². The van der Waals surface area contributed by atoms with Crippen LogP contribution in [0.25, 0.3) is 6.08 Å². The third-order valence-electron chi connectivity index (χ3n) is 7.64. The Balaban J connectivity index is 1.45. The van der Waals surface area contributed by atoms with Gasteiger partial charge in [-0.3, -0.25) is 19.2 Å². The molecule has 0 aromatic heterocycles. The molecular formula is C30H24N2O5. The normalized spacial score (nSPS) is 23.5. The van der Waals surface area contributed by atoms with Crippen LogP contribution in [0.1, 0.15) is 44.8 Å². The lowest BCUT2D eigenvalue weighted by Gasteiger charge is -2.35. The zero-order chi connectivity index (χ0) is 25.8. The van der Waals surface area contributed by atoms with E-state index < -0.39 is 29.8 Å². The molecule has 2 amide bonds. The summed E-state index contributed by atoms with van der Waals surface area (Å²) in [4.78, 5) is 56.6. The number of amides is 2. The highest BCUT2D eigenvalue weighted by molar-refractivity contribution is 6.24. The summed E-state index contributed by atoms with van der Waals surface area (Å²) < 4.78 is 5.23. The van der Waals surface area contributed by atoms with Gasteiger partial charge in [-0.25, -0.2) is 4.90 Å². The minimum Gasteiger partial charge on any atom is -0.497 e. The standard InChI is InChI=1S/C30H24N2O5/c1-17(33)18-7-11-21(12-8-18)32-29(35)24-25(30(32)36)27(28(34)20-9-13-22(37-2)14-10-20)31-16-15-19-5-3-4-6-23(19)26(24)31/h3-16,24-27H,1-2H3/t24-,25+,26+,27-/m0/s1. The SMILES string of the molecule is COc1ccc(C(=O)[C@@H]2[C@@H]3C(=O)N(c4ccc(C(C)=O)cc4)C(=O)[C@@H]3[C@H]3c4ccccc4C=CN23)cc1. The lowest BCUT2D eigenvalue weighted by molar-refractivity contribution is -0.123. The van der Waals surface area contributed by atoms with Crippen LogP contribution in [0.5, 0.6) is 5.75 Å². The number of hydrogen-bond donors (Lipinski definition) is 0. The fourth-order valence-corrected chi connectivity index (χ4v) is 5.88. The van der Waals surface area contributed by atoms with E-state index in [0.29, 0.717) is 22.6 Å². The summed E-state index contributed by atoms with van der Waals surface area (Å²) in [5.41, 5.74) is 3.22. The van der Waals surface area contributed by atoms with Crippen molar-refractivity contribution in [2.75, 3.05) is 12.0 Å². The molecule has 0 aliphatic carbocycles. The number of hydrogen-bond acceptors (Lipinski definition) is 6. The molecule has 0 bridgehead atoms. The van der Waals surface area contributed by atoms with Crippen LogP contribution in [-0.4, -0.2) is 41.4 Å². The molecule has 37 heavy (non-hydrogen) atoms. The van der Waals surface area contributed by atoms with E-state index in [9.17, 15) is 19.2 Å². The molecule has 184 valence electrons. The second-order valence-electron chi connectivity index (χ2n) is 9.54. The molecule has 2 saturated heterocycles. The Morgan fingerprint density at radius 2 is 1.46 bits per heavy atom. The van der Waals surface area contributed by atoms with Gasteiger partial charge < -0.3 is 9.64 Å². The van der Waals surface area contributed by atoms with Crippen LogP contribution in [0.4, 0.5) is 5.69 Å². The molecule has 3 aliphatic heterocycles.